The smallest absolute Gasteiger partial charge is 0.122 e. The quantitative estimate of drug-likeness (QED) is 0.577. The molecule has 0 bridgehead atoms. The van der Waals surface area contributed by atoms with Crippen LogP contribution in [0.1, 0.15) is 48.9 Å². The van der Waals surface area contributed by atoms with Crippen molar-refractivity contribution in [1.82, 2.24) is 0 Å². The summed E-state index contributed by atoms with van der Waals surface area (Å²) in [6.07, 6.45) is 4.05. The number of rotatable bonds is 6. The maximum absolute atomic E-state index is 10.7. The minimum absolute atomic E-state index is 0.0761. The van der Waals surface area contributed by atoms with E-state index in [2.05, 4.69) is 56.1 Å². The standard InChI is InChI=1S/C21H28NOP/c1-6-11-21(4,18-13-15(2)12-16(3)20(18)23)24-19-10-8-7-9-17(19)14-22-5/h7-10,12-14,23-24H,6,11H2,1-5H3/b22-14+. The van der Waals surface area contributed by atoms with E-state index in [4.69, 9.17) is 0 Å². The van der Waals surface area contributed by atoms with Crippen LogP contribution in [0, 0.1) is 13.8 Å². The van der Waals surface area contributed by atoms with Crippen LogP contribution in [0.15, 0.2) is 41.4 Å². The molecule has 3 heteroatoms. The third kappa shape index (κ3) is 4.05. The van der Waals surface area contributed by atoms with Gasteiger partial charge in [-0.3, -0.25) is 4.99 Å². The predicted octanol–water partition coefficient (Wildman–Crippen LogP) is 5.08. The van der Waals surface area contributed by atoms with Crippen LogP contribution in [-0.4, -0.2) is 18.4 Å². The molecule has 2 aromatic carbocycles. The summed E-state index contributed by atoms with van der Waals surface area (Å²) >= 11 is 0. The summed E-state index contributed by atoms with van der Waals surface area (Å²) in [5.74, 6) is 0.450. The molecule has 0 heterocycles. The number of aromatic hydroxyl groups is 1. The molecule has 1 N–H and O–H groups in total. The minimum Gasteiger partial charge on any atom is -0.507 e. The summed E-state index contributed by atoms with van der Waals surface area (Å²) in [5.41, 5.74) is 4.41. The normalized spacial score (nSPS) is 14.5. The Balaban J connectivity index is 2.53. The predicted molar refractivity (Wildman–Crippen MR) is 108 cm³/mol. The number of hydrogen-bond acceptors (Lipinski definition) is 2. The molecule has 2 nitrogen and oxygen atoms in total. The van der Waals surface area contributed by atoms with Crippen LogP contribution in [0.3, 0.4) is 0 Å². The van der Waals surface area contributed by atoms with Crippen molar-refractivity contribution in [3.8, 4) is 5.75 Å². The van der Waals surface area contributed by atoms with Gasteiger partial charge in [-0.25, -0.2) is 0 Å². The molecule has 2 aromatic rings. The lowest BCUT2D eigenvalue weighted by molar-refractivity contribution is 0.449. The van der Waals surface area contributed by atoms with Crippen molar-refractivity contribution in [3.63, 3.8) is 0 Å². The first-order chi connectivity index (χ1) is 11.4. The van der Waals surface area contributed by atoms with Crippen molar-refractivity contribution in [2.75, 3.05) is 7.05 Å². The zero-order valence-electron chi connectivity index (χ0n) is 15.4. The van der Waals surface area contributed by atoms with Crippen LogP contribution < -0.4 is 5.30 Å². The number of phenols is 1. The van der Waals surface area contributed by atoms with Crippen LogP contribution in [0.4, 0.5) is 0 Å². The molecule has 0 amide bonds. The monoisotopic (exact) mass is 341 g/mol. The van der Waals surface area contributed by atoms with Gasteiger partial charge in [0.2, 0.25) is 0 Å². The van der Waals surface area contributed by atoms with Gasteiger partial charge in [0.1, 0.15) is 5.75 Å². The van der Waals surface area contributed by atoms with E-state index in [9.17, 15) is 5.11 Å². The molecule has 2 atom stereocenters. The molecule has 0 aliphatic rings. The summed E-state index contributed by atoms with van der Waals surface area (Å²) in [5, 5.41) is 11.9. The zero-order valence-corrected chi connectivity index (χ0v) is 16.4. The Morgan fingerprint density at radius 1 is 1.21 bits per heavy atom. The molecule has 0 spiro atoms. The maximum Gasteiger partial charge on any atom is 0.122 e. The Morgan fingerprint density at radius 3 is 2.58 bits per heavy atom. The molecule has 0 radical (unpaired) electrons. The second kappa shape index (κ2) is 7.94. The highest BCUT2D eigenvalue weighted by atomic mass is 31.1. The van der Waals surface area contributed by atoms with Crippen LogP contribution in [-0.2, 0) is 5.16 Å². The van der Waals surface area contributed by atoms with Crippen LogP contribution in [0.5, 0.6) is 5.75 Å². The molecule has 24 heavy (non-hydrogen) atoms. The SMILES string of the molecule is CCCC(C)(Pc1ccccc1/C=N/C)c1cc(C)cc(C)c1O. The van der Waals surface area contributed by atoms with Crippen LogP contribution in [0.25, 0.3) is 0 Å². The number of benzene rings is 2. The number of phenolic OH excluding ortho intramolecular Hbond substituents is 1. The van der Waals surface area contributed by atoms with E-state index >= 15 is 0 Å². The van der Waals surface area contributed by atoms with Crippen molar-refractivity contribution in [3.05, 3.63) is 58.7 Å². The zero-order chi connectivity index (χ0) is 17.7. The Morgan fingerprint density at radius 2 is 1.92 bits per heavy atom. The fraction of sp³-hybridized carbons (Fsp3) is 0.381. The highest BCUT2D eigenvalue weighted by Crippen LogP contribution is 2.49. The molecular formula is C21H28NOP. The van der Waals surface area contributed by atoms with Gasteiger partial charge in [0, 0.05) is 24.0 Å². The van der Waals surface area contributed by atoms with Crippen molar-refractivity contribution in [2.45, 2.75) is 45.7 Å². The highest BCUT2D eigenvalue weighted by Gasteiger charge is 2.30. The number of aryl methyl sites for hydroxylation is 2. The average Bonchev–Trinajstić information content (AvgIpc) is 2.53. The van der Waals surface area contributed by atoms with Crippen LogP contribution in [0.2, 0.25) is 0 Å². The molecular weight excluding hydrogens is 313 g/mol. The summed E-state index contributed by atoms with van der Waals surface area (Å²) in [4.78, 5) is 4.19. The largest absolute Gasteiger partial charge is 0.507 e. The lowest BCUT2D eigenvalue weighted by atomic mass is 9.91. The van der Waals surface area contributed by atoms with Crippen molar-refractivity contribution in [1.29, 1.82) is 0 Å². The lowest BCUT2D eigenvalue weighted by Gasteiger charge is -2.32. The van der Waals surface area contributed by atoms with Gasteiger partial charge in [0.05, 0.1) is 0 Å². The van der Waals surface area contributed by atoms with Gasteiger partial charge >= 0.3 is 0 Å². The van der Waals surface area contributed by atoms with Gasteiger partial charge in [-0.15, -0.1) is 0 Å². The number of nitrogens with zero attached hydrogens (tertiary/aromatic N) is 1. The fourth-order valence-corrected chi connectivity index (χ4v) is 5.07. The first-order valence-corrected chi connectivity index (χ1v) is 9.51. The van der Waals surface area contributed by atoms with Gasteiger partial charge in [-0.2, -0.15) is 0 Å². The van der Waals surface area contributed by atoms with E-state index in [1.165, 1.54) is 16.4 Å². The third-order valence-electron chi connectivity index (χ3n) is 4.43. The maximum atomic E-state index is 10.7. The number of hydrogen-bond donors (Lipinski definition) is 1. The van der Waals surface area contributed by atoms with E-state index in [1.54, 1.807) is 7.05 Å². The number of aliphatic imine (C=N–C) groups is 1. The average molecular weight is 341 g/mol. The van der Waals surface area contributed by atoms with E-state index in [0.717, 1.165) is 24.0 Å². The summed E-state index contributed by atoms with van der Waals surface area (Å²) in [7, 11) is 2.39. The summed E-state index contributed by atoms with van der Waals surface area (Å²) in [6, 6.07) is 12.6. The lowest BCUT2D eigenvalue weighted by Crippen LogP contribution is -2.21. The molecule has 2 unspecified atom stereocenters. The Bertz CT molecular complexity index is 739. The fourth-order valence-electron chi connectivity index (χ4n) is 3.30. The molecule has 128 valence electrons. The van der Waals surface area contributed by atoms with E-state index < -0.39 is 0 Å². The van der Waals surface area contributed by atoms with Gasteiger partial charge in [0.15, 0.2) is 0 Å². The van der Waals surface area contributed by atoms with Gasteiger partial charge < -0.3 is 5.11 Å². The minimum atomic E-state index is -0.0761. The van der Waals surface area contributed by atoms with Crippen molar-refractivity contribution in [2.24, 2.45) is 4.99 Å². The van der Waals surface area contributed by atoms with E-state index in [-0.39, 0.29) is 5.16 Å². The summed E-state index contributed by atoms with van der Waals surface area (Å²) < 4.78 is 0. The van der Waals surface area contributed by atoms with Crippen molar-refractivity contribution < 1.29 is 5.11 Å². The first kappa shape index (κ1) is 18.7. The molecule has 0 aromatic heterocycles. The highest BCUT2D eigenvalue weighted by molar-refractivity contribution is 7.48. The van der Waals surface area contributed by atoms with Crippen LogP contribution >= 0.6 is 8.58 Å². The Labute approximate surface area is 147 Å². The third-order valence-corrected chi connectivity index (χ3v) is 6.22. The molecule has 0 saturated carbocycles. The Kier molecular flexibility index (Phi) is 6.18. The topological polar surface area (TPSA) is 32.6 Å². The van der Waals surface area contributed by atoms with Crippen molar-refractivity contribution >= 4 is 20.1 Å². The first-order valence-electron chi connectivity index (χ1n) is 8.51. The second-order valence-electron chi connectivity index (χ2n) is 6.66. The van der Waals surface area contributed by atoms with E-state index in [1.807, 2.05) is 19.2 Å². The Hall–Kier alpha value is -1.66. The summed E-state index contributed by atoms with van der Waals surface area (Å²) in [6.45, 7) is 8.58. The van der Waals surface area contributed by atoms with Gasteiger partial charge in [-0.1, -0.05) is 70.8 Å². The second-order valence-corrected chi connectivity index (χ2v) is 8.55. The van der Waals surface area contributed by atoms with Gasteiger partial charge in [-0.05, 0) is 36.7 Å². The molecule has 0 saturated heterocycles. The molecule has 0 aliphatic carbocycles. The molecule has 0 aliphatic heterocycles. The van der Waals surface area contributed by atoms with E-state index in [0.29, 0.717) is 14.3 Å². The molecule has 0 fully saturated rings. The van der Waals surface area contributed by atoms with Gasteiger partial charge in [0.25, 0.3) is 0 Å². The molecule has 2 rings (SSSR count).